The van der Waals surface area contributed by atoms with Gasteiger partial charge < -0.3 is 4.74 Å². The van der Waals surface area contributed by atoms with Crippen molar-refractivity contribution >= 4 is 0 Å². The van der Waals surface area contributed by atoms with Crippen LogP contribution in [0.4, 0.5) is 0 Å². The van der Waals surface area contributed by atoms with Gasteiger partial charge in [0.25, 0.3) is 0 Å². The Morgan fingerprint density at radius 2 is 1.75 bits per heavy atom. The normalized spacial score (nSPS) is 20.2. The molecule has 0 aromatic rings. The molecular formula is C15H30O. The molecule has 0 aromatic heterocycles. The van der Waals surface area contributed by atoms with Crippen molar-refractivity contribution < 1.29 is 4.74 Å². The average molecular weight is 226 g/mol. The molecule has 1 aliphatic rings. The Morgan fingerprint density at radius 1 is 1.06 bits per heavy atom. The minimum atomic E-state index is 0.777. The predicted molar refractivity (Wildman–Crippen MR) is 70.6 cm³/mol. The van der Waals surface area contributed by atoms with Crippen LogP contribution in [0.2, 0.25) is 0 Å². The highest BCUT2D eigenvalue weighted by Crippen LogP contribution is 2.29. The first-order valence-corrected chi connectivity index (χ1v) is 7.28. The van der Waals surface area contributed by atoms with Gasteiger partial charge in [0.05, 0.1) is 0 Å². The van der Waals surface area contributed by atoms with Gasteiger partial charge in [0.2, 0.25) is 0 Å². The molecule has 16 heavy (non-hydrogen) atoms. The van der Waals surface area contributed by atoms with Crippen molar-refractivity contribution in [1.29, 1.82) is 0 Å². The molecule has 0 aromatic carbocycles. The standard InChI is InChI=1S/C15H30O/c1-13(2)8-7-11-16-12-14(3)15-9-5-4-6-10-15/h13-15H,4-12H2,1-3H3. The summed E-state index contributed by atoms with van der Waals surface area (Å²) in [5.74, 6) is 2.54. The fourth-order valence-electron chi connectivity index (χ4n) is 2.70. The largest absolute Gasteiger partial charge is 0.381 e. The monoisotopic (exact) mass is 226 g/mol. The molecule has 0 aliphatic heterocycles. The van der Waals surface area contributed by atoms with E-state index in [2.05, 4.69) is 20.8 Å². The lowest BCUT2D eigenvalue weighted by Gasteiger charge is -2.27. The van der Waals surface area contributed by atoms with Crippen LogP contribution >= 0.6 is 0 Å². The highest BCUT2D eigenvalue weighted by atomic mass is 16.5. The smallest absolute Gasteiger partial charge is 0.0494 e. The van der Waals surface area contributed by atoms with E-state index in [1.165, 1.54) is 44.9 Å². The molecule has 0 saturated heterocycles. The summed E-state index contributed by atoms with van der Waals surface area (Å²) in [5, 5.41) is 0. The number of ether oxygens (including phenoxy) is 1. The van der Waals surface area contributed by atoms with Gasteiger partial charge in [-0.15, -0.1) is 0 Å². The molecule has 1 unspecified atom stereocenters. The minimum Gasteiger partial charge on any atom is -0.381 e. The van der Waals surface area contributed by atoms with Crippen LogP contribution in [0.1, 0.15) is 65.7 Å². The summed E-state index contributed by atoms with van der Waals surface area (Å²) in [6.45, 7) is 8.89. The lowest BCUT2D eigenvalue weighted by molar-refractivity contribution is 0.0709. The van der Waals surface area contributed by atoms with Gasteiger partial charge in [0.1, 0.15) is 0 Å². The second kappa shape index (κ2) is 8.11. The van der Waals surface area contributed by atoms with Crippen LogP contribution in [0.25, 0.3) is 0 Å². The zero-order valence-electron chi connectivity index (χ0n) is 11.5. The summed E-state index contributed by atoms with van der Waals surface area (Å²) in [6, 6.07) is 0. The van der Waals surface area contributed by atoms with Crippen LogP contribution in [-0.2, 0) is 4.74 Å². The summed E-state index contributed by atoms with van der Waals surface area (Å²) in [4.78, 5) is 0. The Morgan fingerprint density at radius 3 is 2.38 bits per heavy atom. The zero-order valence-corrected chi connectivity index (χ0v) is 11.5. The molecule has 1 nitrogen and oxygen atoms in total. The van der Waals surface area contributed by atoms with Crippen LogP contribution in [0.15, 0.2) is 0 Å². The molecule has 0 N–H and O–H groups in total. The Bertz CT molecular complexity index is 159. The molecule has 96 valence electrons. The van der Waals surface area contributed by atoms with E-state index >= 15 is 0 Å². The number of hydrogen-bond acceptors (Lipinski definition) is 1. The maximum absolute atomic E-state index is 5.80. The van der Waals surface area contributed by atoms with E-state index in [1.54, 1.807) is 0 Å². The molecule has 0 radical (unpaired) electrons. The van der Waals surface area contributed by atoms with Gasteiger partial charge in [-0.1, -0.05) is 52.9 Å². The summed E-state index contributed by atoms with van der Waals surface area (Å²) >= 11 is 0. The van der Waals surface area contributed by atoms with Gasteiger partial charge in [0.15, 0.2) is 0 Å². The highest BCUT2D eigenvalue weighted by molar-refractivity contribution is 4.70. The van der Waals surface area contributed by atoms with E-state index in [1.807, 2.05) is 0 Å². The Labute approximate surface area is 102 Å². The second-order valence-corrected chi connectivity index (χ2v) is 5.99. The predicted octanol–water partition coefficient (Wildman–Crippen LogP) is 4.66. The summed E-state index contributed by atoms with van der Waals surface area (Å²) in [7, 11) is 0. The van der Waals surface area contributed by atoms with Crippen LogP contribution in [0.3, 0.4) is 0 Å². The first-order chi connectivity index (χ1) is 7.70. The first-order valence-electron chi connectivity index (χ1n) is 7.28. The molecule has 1 saturated carbocycles. The molecule has 0 heterocycles. The molecular weight excluding hydrogens is 196 g/mol. The van der Waals surface area contributed by atoms with E-state index in [-0.39, 0.29) is 0 Å². The summed E-state index contributed by atoms with van der Waals surface area (Å²) < 4.78 is 5.80. The fourth-order valence-corrected chi connectivity index (χ4v) is 2.70. The van der Waals surface area contributed by atoms with Crippen molar-refractivity contribution in [3.05, 3.63) is 0 Å². The van der Waals surface area contributed by atoms with Crippen molar-refractivity contribution in [3.8, 4) is 0 Å². The Balaban J connectivity index is 1.98. The van der Waals surface area contributed by atoms with E-state index in [9.17, 15) is 0 Å². The topological polar surface area (TPSA) is 9.23 Å². The van der Waals surface area contributed by atoms with Crippen LogP contribution < -0.4 is 0 Å². The molecule has 0 spiro atoms. The molecule has 1 atom stereocenters. The Hall–Kier alpha value is -0.0400. The molecule has 1 aliphatic carbocycles. The van der Waals surface area contributed by atoms with Crippen molar-refractivity contribution in [1.82, 2.24) is 0 Å². The van der Waals surface area contributed by atoms with Crippen molar-refractivity contribution in [2.45, 2.75) is 65.7 Å². The van der Waals surface area contributed by atoms with E-state index in [4.69, 9.17) is 4.74 Å². The van der Waals surface area contributed by atoms with Gasteiger partial charge in [-0.2, -0.15) is 0 Å². The average Bonchev–Trinajstić information content (AvgIpc) is 2.29. The van der Waals surface area contributed by atoms with Crippen molar-refractivity contribution in [2.75, 3.05) is 13.2 Å². The van der Waals surface area contributed by atoms with Gasteiger partial charge in [0, 0.05) is 13.2 Å². The molecule has 0 amide bonds. The third-order valence-corrected chi connectivity index (χ3v) is 3.91. The molecule has 1 heteroatoms. The van der Waals surface area contributed by atoms with Gasteiger partial charge in [-0.05, 0) is 30.6 Å². The summed E-state index contributed by atoms with van der Waals surface area (Å²) in [6.07, 6.45) is 9.77. The molecule has 1 rings (SSSR count). The van der Waals surface area contributed by atoms with Crippen molar-refractivity contribution in [2.24, 2.45) is 17.8 Å². The number of hydrogen-bond donors (Lipinski definition) is 0. The summed E-state index contributed by atoms with van der Waals surface area (Å²) in [5.41, 5.74) is 0. The minimum absolute atomic E-state index is 0.777. The zero-order chi connectivity index (χ0) is 11.8. The van der Waals surface area contributed by atoms with Crippen molar-refractivity contribution in [3.63, 3.8) is 0 Å². The number of rotatable bonds is 7. The third kappa shape index (κ3) is 5.89. The SMILES string of the molecule is CC(C)CCCOCC(C)C1CCCCC1. The van der Waals surface area contributed by atoms with Crippen LogP contribution in [-0.4, -0.2) is 13.2 Å². The first kappa shape index (κ1) is 14.0. The second-order valence-electron chi connectivity index (χ2n) is 5.99. The maximum atomic E-state index is 5.80. The molecule has 1 fully saturated rings. The van der Waals surface area contributed by atoms with Gasteiger partial charge >= 0.3 is 0 Å². The maximum Gasteiger partial charge on any atom is 0.0494 e. The van der Waals surface area contributed by atoms with E-state index < -0.39 is 0 Å². The van der Waals surface area contributed by atoms with Crippen LogP contribution in [0, 0.1) is 17.8 Å². The van der Waals surface area contributed by atoms with E-state index in [0.717, 1.165) is 31.0 Å². The highest BCUT2D eigenvalue weighted by Gasteiger charge is 2.19. The third-order valence-electron chi connectivity index (χ3n) is 3.91. The molecule has 0 bridgehead atoms. The van der Waals surface area contributed by atoms with Crippen LogP contribution in [0.5, 0.6) is 0 Å². The fraction of sp³-hybridized carbons (Fsp3) is 1.00. The Kier molecular flexibility index (Phi) is 7.11. The lowest BCUT2D eigenvalue weighted by atomic mass is 9.81. The van der Waals surface area contributed by atoms with E-state index in [0.29, 0.717) is 0 Å². The van der Waals surface area contributed by atoms with Gasteiger partial charge in [-0.3, -0.25) is 0 Å². The van der Waals surface area contributed by atoms with Gasteiger partial charge in [-0.25, -0.2) is 0 Å². The quantitative estimate of drug-likeness (QED) is 0.574. The lowest BCUT2D eigenvalue weighted by Crippen LogP contribution is -2.20.